The molecule has 4 aromatic rings. The molecule has 8 rings (SSSR count). The van der Waals surface area contributed by atoms with E-state index in [0.29, 0.717) is 4.88 Å². The molecule has 0 radical (unpaired) electrons. The number of benzene rings is 2. The minimum Gasteiger partial charge on any atom is -0.288 e. The molecule has 0 unspecified atom stereocenters. The quantitative estimate of drug-likeness (QED) is 0.123. The Hall–Kier alpha value is -4.54. The zero-order valence-corrected chi connectivity index (χ0v) is 26.2. The van der Waals surface area contributed by atoms with Crippen molar-refractivity contribution in [1.82, 2.24) is 0 Å². The highest BCUT2D eigenvalue weighted by atomic mass is 32.1. The van der Waals surface area contributed by atoms with Gasteiger partial charge >= 0.3 is 0 Å². The number of carbonyl (C=O) groups is 4. The molecule has 4 aliphatic rings. The van der Waals surface area contributed by atoms with E-state index < -0.39 is 57.2 Å². The first kappa shape index (κ1) is 28.9. The molecule has 2 aromatic carbocycles. The maximum atomic E-state index is 13.9. The summed E-state index contributed by atoms with van der Waals surface area (Å²) in [7, 11) is 0. The molecule has 2 aromatic heterocycles. The number of fused-ring (bicyclic) bond motifs is 7. The molecule has 4 nitrogen and oxygen atoms in total. The van der Waals surface area contributed by atoms with Gasteiger partial charge in [-0.2, -0.15) is 0 Å². The largest absolute Gasteiger partial charge is 0.288 e. The van der Waals surface area contributed by atoms with E-state index in [4.69, 9.17) is 0 Å². The summed E-state index contributed by atoms with van der Waals surface area (Å²) in [5, 5.41) is 0. The first-order valence-electron chi connectivity index (χ1n) is 14.3. The molecule has 10 heteroatoms. The molecule has 0 aliphatic heterocycles. The minimum absolute atomic E-state index is 0.134. The summed E-state index contributed by atoms with van der Waals surface area (Å²) >= 11 is 2.98. The summed E-state index contributed by atoms with van der Waals surface area (Å²) in [4.78, 5) is 55.8. The van der Waals surface area contributed by atoms with Crippen LogP contribution in [0, 0.1) is 23.3 Å². The van der Waals surface area contributed by atoms with Gasteiger partial charge in [-0.3, -0.25) is 19.2 Å². The van der Waals surface area contributed by atoms with Gasteiger partial charge in [0.05, 0.1) is 11.1 Å². The van der Waals surface area contributed by atoms with E-state index in [2.05, 4.69) is 13.8 Å². The first-order chi connectivity index (χ1) is 21.6. The number of thiophene rings is 2. The molecule has 0 bridgehead atoms. The molecule has 0 spiro atoms. The van der Waals surface area contributed by atoms with Crippen molar-refractivity contribution < 1.29 is 36.7 Å². The molecule has 4 aliphatic carbocycles. The van der Waals surface area contributed by atoms with Crippen LogP contribution in [0.15, 0.2) is 53.1 Å². The number of halogens is 4. The second-order valence-corrected chi connectivity index (χ2v) is 15.0. The van der Waals surface area contributed by atoms with E-state index in [0.717, 1.165) is 61.2 Å². The van der Waals surface area contributed by atoms with Crippen molar-refractivity contribution >= 4 is 58.0 Å². The monoisotopic (exact) mass is 656 g/mol. The Balaban J connectivity index is 1.18. The molecular formula is C36H20F4O4S2. The van der Waals surface area contributed by atoms with Crippen molar-refractivity contribution in [2.45, 2.75) is 38.5 Å². The molecule has 0 amide bonds. The maximum absolute atomic E-state index is 13.9. The lowest BCUT2D eigenvalue weighted by molar-refractivity contribution is 0.0974. The van der Waals surface area contributed by atoms with Crippen LogP contribution in [0.1, 0.15) is 95.6 Å². The van der Waals surface area contributed by atoms with Gasteiger partial charge in [0.25, 0.3) is 0 Å². The van der Waals surface area contributed by atoms with Gasteiger partial charge in [0.1, 0.15) is 0 Å². The minimum atomic E-state index is -1.19. The summed E-state index contributed by atoms with van der Waals surface area (Å²) in [5.74, 6) is -7.33. The van der Waals surface area contributed by atoms with Crippen molar-refractivity contribution in [2.75, 3.05) is 0 Å². The number of hydrogen-bond acceptors (Lipinski definition) is 6. The topological polar surface area (TPSA) is 68.3 Å². The van der Waals surface area contributed by atoms with Crippen LogP contribution in [-0.4, -0.2) is 23.1 Å². The van der Waals surface area contributed by atoms with Crippen LogP contribution in [0.3, 0.4) is 0 Å². The average molecular weight is 657 g/mol. The summed E-state index contributed by atoms with van der Waals surface area (Å²) in [5.41, 5.74) is 1.90. The van der Waals surface area contributed by atoms with Crippen LogP contribution >= 0.6 is 22.7 Å². The van der Waals surface area contributed by atoms with Crippen molar-refractivity contribution in [3.05, 3.63) is 125 Å². The molecule has 0 saturated heterocycles. The predicted molar refractivity (Wildman–Crippen MR) is 167 cm³/mol. The van der Waals surface area contributed by atoms with Crippen molar-refractivity contribution in [1.29, 1.82) is 0 Å². The summed E-state index contributed by atoms with van der Waals surface area (Å²) < 4.78 is 55.4. The lowest BCUT2D eigenvalue weighted by Gasteiger charge is -2.29. The number of carbonyl (C=O) groups excluding carboxylic acids is 4. The predicted octanol–water partition coefficient (Wildman–Crippen LogP) is 8.82. The van der Waals surface area contributed by atoms with Gasteiger partial charge in [0, 0.05) is 52.6 Å². The fraction of sp³-hybridized carbons (Fsp3) is 0.167. The Morgan fingerprint density at radius 2 is 1.02 bits per heavy atom. The Morgan fingerprint density at radius 1 is 0.565 bits per heavy atom. The van der Waals surface area contributed by atoms with Gasteiger partial charge in [-0.25, -0.2) is 17.6 Å². The molecule has 46 heavy (non-hydrogen) atoms. The van der Waals surface area contributed by atoms with Crippen molar-refractivity contribution in [2.24, 2.45) is 0 Å². The van der Waals surface area contributed by atoms with Crippen LogP contribution in [0.5, 0.6) is 0 Å². The molecule has 228 valence electrons. The Kier molecular flexibility index (Phi) is 5.68. The zero-order valence-electron chi connectivity index (χ0n) is 24.6. The van der Waals surface area contributed by atoms with Gasteiger partial charge in [-0.15, -0.1) is 22.7 Å². The fourth-order valence-corrected chi connectivity index (χ4v) is 10.0. The third-order valence-electron chi connectivity index (χ3n) is 9.49. The lowest BCUT2D eigenvalue weighted by atomic mass is 9.73. The third-order valence-corrected chi connectivity index (χ3v) is 11.9. The Labute approximate surface area is 267 Å². The highest BCUT2D eigenvalue weighted by molar-refractivity contribution is 7.23. The number of rotatable bonds is 2. The molecule has 0 fully saturated rings. The Morgan fingerprint density at radius 3 is 1.50 bits per heavy atom. The highest BCUT2D eigenvalue weighted by Crippen LogP contribution is 2.62. The number of Topliss-reactive ketones (excluding diaryl/α,β-unsaturated/α-hetero) is 4. The van der Waals surface area contributed by atoms with Crippen molar-refractivity contribution in [3.8, 4) is 9.75 Å². The molecule has 0 N–H and O–H groups in total. The van der Waals surface area contributed by atoms with E-state index in [9.17, 15) is 36.7 Å². The van der Waals surface area contributed by atoms with Gasteiger partial charge in [0.15, 0.2) is 46.4 Å². The summed E-state index contributed by atoms with van der Waals surface area (Å²) in [6.07, 6.45) is 4.96. The summed E-state index contributed by atoms with van der Waals surface area (Å²) in [6, 6.07) is 5.00. The van der Waals surface area contributed by atoms with E-state index in [1.807, 2.05) is 26.0 Å². The van der Waals surface area contributed by atoms with E-state index in [1.165, 1.54) is 23.5 Å². The molecular weight excluding hydrogens is 637 g/mol. The number of ketones is 4. The van der Waals surface area contributed by atoms with Gasteiger partial charge < -0.3 is 0 Å². The second-order valence-electron chi connectivity index (χ2n) is 12.8. The van der Waals surface area contributed by atoms with Crippen molar-refractivity contribution in [3.63, 3.8) is 0 Å². The van der Waals surface area contributed by atoms with Crippen LogP contribution in [0.25, 0.3) is 21.9 Å². The van der Waals surface area contributed by atoms with E-state index in [-0.39, 0.29) is 33.4 Å². The summed E-state index contributed by atoms with van der Waals surface area (Å²) in [6.45, 7) is 8.17. The Bertz CT molecular complexity index is 2240. The molecule has 0 saturated carbocycles. The van der Waals surface area contributed by atoms with Crippen LogP contribution in [0.2, 0.25) is 0 Å². The fourth-order valence-electron chi connectivity index (χ4n) is 7.06. The average Bonchev–Trinajstić information content (AvgIpc) is 3.77. The standard InChI is InChI=1S/C36H20F4O4S2/c1-35(2)13(5-19-29(41)15-9-22(37)23(38)10-16(15)30(19)42)6-26-27(35)28-34(46-26)33-21(36(28,3)4)8-14(45-33)7-20-31(43)17-11-24(39)25(40)12-18(17)32(20)44/h5-12H,1-4H3. The lowest BCUT2D eigenvalue weighted by Crippen LogP contribution is -2.24. The van der Waals surface area contributed by atoms with E-state index in [1.54, 1.807) is 11.3 Å². The first-order valence-corrected chi connectivity index (χ1v) is 15.9. The molecule has 2 heterocycles. The van der Waals surface area contributed by atoms with Crippen LogP contribution in [-0.2, 0) is 10.8 Å². The zero-order chi connectivity index (χ0) is 32.8. The van der Waals surface area contributed by atoms with Gasteiger partial charge in [-0.05, 0) is 70.8 Å². The van der Waals surface area contributed by atoms with Crippen LogP contribution < -0.4 is 0 Å². The van der Waals surface area contributed by atoms with E-state index >= 15 is 0 Å². The number of hydrogen-bond donors (Lipinski definition) is 0. The molecule has 0 atom stereocenters. The van der Waals surface area contributed by atoms with Gasteiger partial charge in [0.2, 0.25) is 0 Å². The van der Waals surface area contributed by atoms with Gasteiger partial charge in [-0.1, -0.05) is 27.7 Å². The second kappa shape index (κ2) is 9.04. The smallest absolute Gasteiger partial charge is 0.197 e. The maximum Gasteiger partial charge on any atom is 0.197 e. The highest BCUT2D eigenvalue weighted by Gasteiger charge is 2.48. The number of allylic oxidation sites excluding steroid dienone is 4. The third kappa shape index (κ3) is 3.59. The normalized spacial score (nSPS) is 18.1. The van der Waals surface area contributed by atoms with Crippen LogP contribution in [0.4, 0.5) is 17.6 Å². The SMILES string of the molecule is CC1(C)C(C=C2C(=O)c3cc(F)c(F)cc3C2=O)=Cc2sc3c(c21)C(C)(C)c1cc(C=C2C(=O)c4cc(F)c(F)cc4C2=O)sc1-3.